The molecule has 1 N–H and O–H groups in total. The summed E-state index contributed by atoms with van der Waals surface area (Å²) in [5, 5.41) is 11.2. The van der Waals surface area contributed by atoms with Crippen molar-refractivity contribution >= 4 is 0 Å². The molecule has 4 atom stereocenters. The standard InChI is InChI=1S/C38H44N2O3/c41-31-16-15-28-21-32-38(42-19-7-10-25-8-3-1-4-9-25)22-29-20-30(27-11-5-2-6-12-27)23-39-34(29)36-37(38,33(28)35(31)43-36)17-18-40(32)24-26-13-14-26/h2,5-6,11-12,15-16,20,23,25-26,32,36,41H,1,3-4,7-10,13-14,17-19,21-22,24H2/t32-,36+,37+,38-/m1/s1. The maximum absolute atomic E-state index is 11.2. The second kappa shape index (κ2) is 10.1. The Morgan fingerprint density at radius 1 is 0.953 bits per heavy atom. The lowest BCUT2D eigenvalue weighted by molar-refractivity contribution is -0.206. The van der Waals surface area contributed by atoms with Gasteiger partial charge in [-0.15, -0.1) is 0 Å². The Hall–Kier alpha value is -2.89. The molecule has 0 radical (unpaired) electrons. The molecule has 2 bridgehead atoms. The first kappa shape index (κ1) is 26.5. The molecule has 4 aliphatic carbocycles. The molecular formula is C38H44N2O3. The molecule has 3 aromatic rings. The lowest BCUT2D eigenvalue weighted by Gasteiger charge is -2.64. The van der Waals surface area contributed by atoms with Gasteiger partial charge in [-0.25, -0.2) is 0 Å². The lowest BCUT2D eigenvalue weighted by Crippen LogP contribution is -2.75. The van der Waals surface area contributed by atoms with Crippen LogP contribution in [0.3, 0.4) is 0 Å². The summed E-state index contributed by atoms with van der Waals surface area (Å²) in [6.45, 7) is 3.03. The minimum atomic E-state index is -0.409. The molecule has 3 heterocycles. The number of pyridine rings is 1. The molecule has 0 unspecified atom stereocenters. The van der Waals surface area contributed by atoms with Gasteiger partial charge in [0.1, 0.15) is 5.60 Å². The van der Waals surface area contributed by atoms with Crippen molar-refractivity contribution in [3.63, 3.8) is 0 Å². The Kier molecular flexibility index (Phi) is 6.21. The van der Waals surface area contributed by atoms with E-state index < -0.39 is 5.60 Å². The number of hydrogen-bond acceptors (Lipinski definition) is 5. The summed E-state index contributed by atoms with van der Waals surface area (Å²) in [6, 6.07) is 17.3. The second-order valence-electron chi connectivity index (χ2n) is 14.5. The number of ether oxygens (including phenoxy) is 2. The van der Waals surface area contributed by atoms with Gasteiger partial charge in [-0.05, 0) is 85.7 Å². The monoisotopic (exact) mass is 576 g/mol. The van der Waals surface area contributed by atoms with Gasteiger partial charge >= 0.3 is 0 Å². The maximum Gasteiger partial charge on any atom is 0.166 e. The van der Waals surface area contributed by atoms with Gasteiger partial charge < -0.3 is 14.6 Å². The van der Waals surface area contributed by atoms with Crippen molar-refractivity contribution in [1.29, 1.82) is 0 Å². The molecule has 1 spiro atoms. The highest BCUT2D eigenvalue weighted by Crippen LogP contribution is 2.69. The van der Waals surface area contributed by atoms with Crippen LogP contribution in [-0.4, -0.2) is 46.3 Å². The minimum Gasteiger partial charge on any atom is -0.504 e. The van der Waals surface area contributed by atoms with Gasteiger partial charge in [0.2, 0.25) is 0 Å². The fourth-order valence-electron chi connectivity index (χ4n) is 9.98. The summed E-state index contributed by atoms with van der Waals surface area (Å²) in [4.78, 5) is 7.97. The first-order chi connectivity index (χ1) is 21.2. The van der Waals surface area contributed by atoms with E-state index in [1.165, 1.54) is 80.2 Å². The third-order valence-electron chi connectivity index (χ3n) is 12.1. The SMILES string of the molecule is Oc1ccc2c3c1O[C@H]1c4ncc(-c5ccccc5)cc4C[C@@]4(OCCCC5CCCCC5)[C@@H](C2)N(CC2CC2)CC[C@]314. The van der Waals surface area contributed by atoms with Crippen molar-refractivity contribution in [3.8, 4) is 22.6 Å². The van der Waals surface area contributed by atoms with Crippen LogP contribution in [0.25, 0.3) is 11.1 Å². The Bertz CT molecular complexity index is 1530. The summed E-state index contributed by atoms with van der Waals surface area (Å²) in [7, 11) is 0. The molecule has 1 aromatic heterocycles. The smallest absolute Gasteiger partial charge is 0.166 e. The highest BCUT2D eigenvalue weighted by Gasteiger charge is 2.73. The van der Waals surface area contributed by atoms with Gasteiger partial charge in [-0.3, -0.25) is 9.88 Å². The molecule has 5 nitrogen and oxygen atoms in total. The number of benzene rings is 2. The molecule has 3 fully saturated rings. The second-order valence-corrected chi connectivity index (χ2v) is 14.5. The predicted octanol–water partition coefficient (Wildman–Crippen LogP) is 7.54. The average Bonchev–Trinajstić information content (AvgIpc) is 3.79. The van der Waals surface area contributed by atoms with Crippen LogP contribution in [0.5, 0.6) is 11.5 Å². The summed E-state index contributed by atoms with van der Waals surface area (Å²) in [6.07, 6.45) is 16.7. The Morgan fingerprint density at radius 2 is 1.81 bits per heavy atom. The number of phenolic OH excluding ortho intramolecular Hbond substituents is 1. The highest BCUT2D eigenvalue weighted by molar-refractivity contribution is 5.67. The normalized spacial score (nSPS) is 30.9. The van der Waals surface area contributed by atoms with E-state index in [-0.39, 0.29) is 17.3 Å². The molecule has 1 saturated heterocycles. The molecule has 5 heteroatoms. The van der Waals surface area contributed by atoms with Crippen LogP contribution >= 0.6 is 0 Å². The lowest BCUT2D eigenvalue weighted by atomic mass is 9.48. The van der Waals surface area contributed by atoms with Crippen molar-refractivity contribution in [2.24, 2.45) is 11.8 Å². The van der Waals surface area contributed by atoms with Crippen LogP contribution in [0, 0.1) is 11.8 Å². The minimum absolute atomic E-state index is 0.243. The predicted molar refractivity (Wildman–Crippen MR) is 167 cm³/mol. The van der Waals surface area contributed by atoms with E-state index in [1.54, 1.807) is 0 Å². The van der Waals surface area contributed by atoms with E-state index in [1.807, 2.05) is 12.3 Å². The summed E-state index contributed by atoms with van der Waals surface area (Å²) in [5.74, 6) is 2.64. The fraction of sp³-hybridized carbons (Fsp3) is 0.553. The van der Waals surface area contributed by atoms with Gasteiger partial charge in [-0.1, -0.05) is 68.5 Å². The van der Waals surface area contributed by atoms with Crippen LogP contribution in [0.2, 0.25) is 0 Å². The number of aromatic hydroxyl groups is 1. The van der Waals surface area contributed by atoms with E-state index in [4.69, 9.17) is 14.5 Å². The third kappa shape index (κ3) is 4.00. The topological polar surface area (TPSA) is 54.8 Å². The molecular weight excluding hydrogens is 532 g/mol. The number of fused-ring (bicyclic) bond motifs is 2. The highest BCUT2D eigenvalue weighted by atomic mass is 16.5. The zero-order valence-corrected chi connectivity index (χ0v) is 25.3. The molecule has 43 heavy (non-hydrogen) atoms. The maximum atomic E-state index is 11.2. The van der Waals surface area contributed by atoms with E-state index in [9.17, 15) is 5.11 Å². The number of likely N-dealkylation sites (tertiary alicyclic amines) is 1. The molecule has 2 aromatic carbocycles. The van der Waals surface area contributed by atoms with E-state index >= 15 is 0 Å². The molecule has 0 amide bonds. The third-order valence-corrected chi connectivity index (χ3v) is 12.1. The van der Waals surface area contributed by atoms with E-state index in [0.29, 0.717) is 11.8 Å². The van der Waals surface area contributed by atoms with Crippen molar-refractivity contribution in [2.75, 3.05) is 19.7 Å². The van der Waals surface area contributed by atoms with Crippen LogP contribution in [0.4, 0.5) is 0 Å². The fourth-order valence-corrected chi connectivity index (χ4v) is 9.98. The largest absolute Gasteiger partial charge is 0.504 e. The zero-order valence-electron chi connectivity index (χ0n) is 25.3. The number of piperidine rings is 1. The van der Waals surface area contributed by atoms with Crippen molar-refractivity contribution in [2.45, 2.75) is 100 Å². The molecule has 2 saturated carbocycles. The summed E-state index contributed by atoms with van der Waals surface area (Å²) in [5.41, 5.74) is 6.46. The van der Waals surface area contributed by atoms with Gasteiger partial charge in [0.25, 0.3) is 0 Å². The van der Waals surface area contributed by atoms with Crippen LogP contribution in [0.15, 0.2) is 54.7 Å². The van der Waals surface area contributed by atoms with Crippen molar-refractivity contribution in [3.05, 3.63) is 77.1 Å². The molecule has 224 valence electrons. The van der Waals surface area contributed by atoms with E-state index in [2.05, 4.69) is 47.4 Å². The van der Waals surface area contributed by atoms with Gasteiger partial charge in [0, 0.05) is 42.9 Å². The number of phenols is 1. The molecule has 9 rings (SSSR count). The summed E-state index contributed by atoms with van der Waals surface area (Å²) < 4.78 is 14.5. The quantitative estimate of drug-likeness (QED) is 0.281. The van der Waals surface area contributed by atoms with Crippen molar-refractivity contribution < 1.29 is 14.6 Å². The Morgan fingerprint density at radius 3 is 2.65 bits per heavy atom. The van der Waals surface area contributed by atoms with Gasteiger partial charge in [-0.2, -0.15) is 0 Å². The number of aromatic nitrogens is 1. The average molecular weight is 577 g/mol. The van der Waals surface area contributed by atoms with Gasteiger partial charge in [0.05, 0.1) is 11.1 Å². The molecule has 2 aliphatic heterocycles. The van der Waals surface area contributed by atoms with Crippen LogP contribution in [0.1, 0.15) is 92.7 Å². The van der Waals surface area contributed by atoms with Crippen LogP contribution in [-0.2, 0) is 23.0 Å². The van der Waals surface area contributed by atoms with Crippen molar-refractivity contribution in [1.82, 2.24) is 9.88 Å². The zero-order chi connectivity index (χ0) is 28.6. The van der Waals surface area contributed by atoms with Gasteiger partial charge in [0.15, 0.2) is 17.6 Å². The Balaban J connectivity index is 1.17. The number of nitrogens with zero attached hydrogens (tertiary/aromatic N) is 2. The first-order valence-electron chi connectivity index (χ1n) is 17.1. The molecule has 6 aliphatic rings. The Labute approximate surface area is 255 Å². The number of hydrogen-bond donors (Lipinski definition) is 1. The van der Waals surface area contributed by atoms with Crippen LogP contribution < -0.4 is 4.74 Å². The summed E-state index contributed by atoms with van der Waals surface area (Å²) >= 11 is 0. The van der Waals surface area contributed by atoms with E-state index in [0.717, 1.165) is 61.9 Å². The number of rotatable bonds is 8. The first-order valence-corrected chi connectivity index (χ1v) is 17.1.